The predicted octanol–water partition coefficient (Wildman–Crippen LogP) is 3.46. The first kappa shape index (κ1) is 15.9. The molecule has 0 amide bonds. The fourth-order valence-corrected chi connectivity index (χ4v) is 3.91. The van der Waals surface area contributed by atoms with Crippen LogP contribution in [0, 0.1) is 13.8 Å². The molecule has 25 heavy (non-hydrogen) atoms. The maximum Gasteiger partial charge on any atom is 0.329 e. The topological polar surface area (TPSA) is 48.9 Å². The lowest BCUT2D eigenvalue weighted by Crippen LogP contribution is -2.26. The highest BCUT2D eigenvalue weighted by Gasteiger charge is 2.28. The number of carbonyl (C=O) groups is 1. The molecule has 4 rings (SSSR count). The van der Waals surface area contributed by atoms with Gasteiger partial charge in [0.2, 0.25) is 0 Å². The predicted molar refractivity (Wildman–Crippen MR) is 98.4 cm³/mol. The Kier molecular flexibility index (Phi) is 3.67. The van der Waals surface area contributed by atoms with Gasteiger partial charge < -0.3 is 4.57 Å². The average Bonchev–Trinajstić information content (AvgIpc) is 3.33. The number of aromatic nitrogens is 3. The molecule has 5 nitrogen and oxygen atoms in total. The van der Waals surface area contributed by atoms with Crippen LogP contribution in [0.3, 0.4) is 0 Å². The molecule has 3 aromatic rings. The summed E-state index contributed by atoms with van der Waals surface area (Å²) in [6.07, 6.45) is 2.38. The monoisotopic (exact) mass is 337 g/mol. The van der Waals surface area contributed by atoms with E-state index in [4.69, 9.17) is 0 Å². The molecule has 2 heterocycles. The van der Waals surface area contributed by atoms with Crippen molar-refractivity contribution in [3.05, 3.63) is 57.8 Å². The van der Waals surface area contributed by atoms with E-state index in [0.717, 1.165) is 28.0 Å². The lowest BCUT2D eigenvalue weighted by atomic mass is 10.1. The third kappa shape index (κ3) is 2.46. The number of ketones is 1. The Hall–Kier alpha value is -2.56. The zero-order chi connectivity index (χ0) is 17.7. The number of benzene rings is 1. The summed E-state index contributed by atoms with van der Waals surface area (Å²) in [5.74, 6) is 0.00102. The number of Topliss-reactive ketones (excluding diaryl/α,β-unsaturated/α-hetero) is 1. The van der Waals surface area contributed by atoms with Crippen molar-refractivity contribution < 1.29 is 4.79 Å². The summed E-state index contributed by atoms with van der Waals surface area (Å²) in [6, 6.07) is 10.2. The Labute approximate surface area is 146 Å². The van der Waals surface area contributed by atoms with Gasteiger partial charge in [-0.15, -0.1) is 0 Å². The first-order valence-corrected chi connectivity index (χ1v) is 8.92. The number of hydrogen-bond acceptors (Lipinski definition) is 2. The second kappa shape index (κ2) is 5.76. The van der Waals surface area contributed by atoms with Gasteiger partial charge in [-0.25, -0.2) is 4.79 Å². The van der Waals surface area contributed by atoms with Gasteiger partial charge in [0, 0.05) is 29.5 Å². The van der Waals surface area contributed by atoms with Crippen molar-refractivity contribution in [1.29, 1.82) is 0 Å². The fourth-order valence-electron chi connectivity index (χ4n) is 3.91. The van der Waals surface area contributed by atoms with E-state index in [1.54, 1.807) is 9.13 Å². The van der Waals surface area contributed by atoms with E-state index in [9.17, 15) is 9.59 Å². The molecule has 1 fully saturated rings. The lowest BCUT2D eigenvalue weighted by molar-refractivity contribution is 0.0971. The van der Waals surface area contributed by atoms with Gasteiger partial charge in [0.1, 0.15) is 0 Å². The third-order valence-corrected chi connectivity index (χ3v) is 5.24. The highest BCUT2D eigenvalue weighted by atomic mass is 16.2. The van der Waals surface area contributed by atoms with Crippen LogP contribution >= 0.6 is 0 Å². The number of carbonyl (C=O) groups excluding carboxylic acids is 1. The standard InChI is InChI=1S/C20H23N3O2/c1-4-21-17-7-5-6-8-18(17)22(20(21)25)12-19(24)16-11-13(2)23(14(16)3)15-9-10-15/h5-8,11,15H,4,9-10,12H2,1-3H3. The minimum atomic E-state index is -0.118. The van der Waals surface area contributed by atoms with Crippen molar-refractivity contribution in [3.63, 3.8) is 0 Å². The normalized spacial score (nSPS) is 14.4. The highest BCUT2D eigenvalue weighted by Crippen LogP contribution is 2.38. The van der Waals surface area contributed by atoms with Crippen LogP contribution in [-0.4, -0.2) is 19.5 Å². The van der Waals surface area contributed by atoms with Gasteiger partial charge in [-0.3, -0.25) is 13.9 Å². The Balaban J connectivity index is 1.75. The maximum absolute atomic E-state index is 13.0. The van der Waals surface area contributed by atoms with Crippen molar-refractivity contribution in [1.82, 2.24) is 13.7 Å². The number of aryl methyl sites for hydroxylation is 2. The molecule has 0 N–H and O–H groups in total. The number of imidazole rings is 1. The van der Waals surface area contributed by atoms with E-state index in [1.807, 2.05) is 44.2 Å². The van der Waals surface area contributed by atoms with Crippen molar-refractivity contribution in [2.75, 3.05) is 0 Å². The number of para-hydroxylation sites is 2. The van der Waals surface area contributed by atoms with Gasteiger partial charge in [-0.2, -0.15) is 0 Å². The Morgan fingerprint density at radius 1 is 1.12 bits per heavy atom. The molecule has 1 aliphatic rings. The van der Waals surface area contributed by atoms with Crippen LogP contribution in [0.1, 0.15) is 47.6 Å². The van der Waals surface area contributed by atoms with Gasteiger partial charge in [0.15, 0.2) is 5.78 Å². The van der Waals surface area contributed by atoms with Crippen molar-refractivity contribution in [2.45, 2.75) is 52.7 Å². The van der Waals surface area contributed by atoms with Crippen LogP contribution in [-0.2, 0) is 13.1 Å². The van der Waals surface area contributed by atoms with Gasteiger partial charge in [-0.1, -0.05) is 12.1 Å². The van der Waals surface area contributed by atoms with Crippen LogP contribution < -0.4 is 5.69 Å². The quantitative estimate of drug-likeness (QED) is 0.670. The molecule has 5 heteroatoms. The molecule has 1 aliphatic carbocycles. The molecule has 0 atom stereocenters. The van der Waals surface area contributed by atoms with Crippen molar-refractivity contribution in [2.24, 2.45) is 0 Å². The summed E-state index contributed by atoms with van der Waals surface area (Å²) in [5.41, 5.74) is 4.48. The summed E-state index contributed by atoms with van der Waals surface area (Å²) in [5, 5.41) is 0. The van der Waals surface area contributed by atoms with E-state index in [-0.39, 0.29) is 18.0 Å². The van der Waals surface area contributed by atoms with Crippen LogP contribution in [0.2, 0.25) is 0 Å². The Morgan fingerprint density at radius 3 is 2.36 bits per heavy atom. The molecule has 1 saturated carbocycles. The summed E-state index contributed by atoms with van der Waals surface area (Å²) in [7, 11) is 0. The summed E-state index contributed by atoms with van der Waals surface area (Å²) in [4.78, 5) is 25.7. The summed E-state index contributed by atoms with van der Waals surface area (Å²) in [6.45, 7) is 6.69. The van der Waals surface area contributed by atoms with Crippen LogP contribution in [0.4, 0.5) is 0 Å². The van der Waals surface area contributed by atoms with E-state index < -0.39 is 0 Å². The average molecular weight is 337 g/mol. The van der Waals surface area contributed by atoms with E-state index in [2.05, 4.69) is 11.5 Å². The molecule has 0 aliphatic heterocycles. The molecule has 2 aromatic heterocycles. The van der Waals surface area contributed by atoms with Gasteiger partial charge in [-0.05, 0) is 51.8 Å². The molecule has 0 saturated heterocycles. The number of fused-ring (bicyclic) bond motifs is 1. The first-order chi connectivity index (χ1) is 12.0. The van der Waals surface area contributed by atoms with Crippen LogP contribution in [0.15, 0.2) is 35.1 Å². The fraction of sp³-hybridized carbons (Fsp3) is 0.400. The summed E-state index contributed by atoms with van der Waals surface area (Å²) < 4.78 is 5.59. The zero-order valence-corrected chi connectivity index (χ0v) is 15.0. The largest absolute Gasteiger partial charge is 0.345 e. The molecular formula is C20H23N3O2. The minimum Gasteiger partial charge on any atom is -0.345 e. The minimum absolute atomic E-state index is 0.00102. The second-order valence-corrected chi connectivity index (χ2v) is 6.91. The molecule has 1 aromatic carbocycles. The molecule has 0 bridgehead atoms. The number of hydrogen-bond donors (Lipinski definition) is 0. The highest BCUT2D eigenvalue weighted by molar-refractivity contribution is 5.98. The van der Waals surface area contributed by atoms with Crippen LogP contribution in [0.5, 0.6) is 0 Å². The zero-order valence-electron chi connectivity index (χ0n) is 15.0. The smallest absolute Gasteiger partial charge is 0.329 e. The maximum atomic E-state index is 13.0. The molecule has 0 unspecified atom stereocenters. The molecule has 130 valence electrons. The van der Waals surface area contributed by atoms with E-state index in [0.29, 0.717) is 12.6 Å². The number of rotatable bonds is 5. The second-order valence-electron chi connectivity index (χ2n) is 6.91. The number of nitrogens with zero attached hydrogens (tertiary/aromatic N) is 3. The van der Waals surface area contributed by atoms with Crippen LogP contribution in [0.25, 0.3) is 11.0 Å². The Morgan fingerprint density at radius 2 is 1.76 bits per heavy atom. The SMILES string of the molecule is CCn1c(=O)n(CC(=O)c2cc(C)n(C3CC3)c2C)c2ccccc21. The van der Waals surface area contributed by atoms with Gasteiger partial charge in [0.25, 0.3) is 0 Å². The molecular weight excluding hydrogens is 314 g/mol. The lowest BCUT2D eigenvalue weighted by Gasteiger charge is -2.08. The Bertz CT molecular complexity index is 1030. The van der Waals surface area contributed by atoms with E-state index in [1.165, 1.54) is 12.8 Å². The third-order valence-electron chi connectivity index (χ3n) is 5.24. The first-order valence-electron chi connectivity index (χ1n) is 8.92. The molecule has 0 radical (unpaired) electrons. The van der Waals surface area contributed by atoms with Crippen molar-refractivity contribution in [3.8, 4) is 0 Å². The van der Waals surface area contributed by atoms with Crippen molar-refractivity contribution >= 4 is 16.8 Å². The van der Waals surface area contributed by atoms with Gasteiger partial charge >= 0.3 is 5.69 Å². The van der Waals surface area contributed by atoms with E-state index >= 15 is 0 Å². The van der Waals surface area contributed by atoms with Gasteiger partial charge in [0.05, 0.1) is 17.6 Å². The summed E-state index contributed by atoms with van der Waals surface area (Å²) >= 11 is 0. The molecule has 0 spiro atoms.